The largest absolute Gasteiger partial charge is 0.491 e. The lowest BCUT2D eigenvalue weighted by Crippen LogP contribution is -2.17. The third-order valence-electron chi connectivity index (χ3n) is 3.26. The van der Waals surface area contributed by atoms with E-state index in [1.165, 1.54) is 0 Å². The van der Waals surface area contributed by atoms with Gasteiger partial charge in [0.05, 0.1) is 12.3 Å². The van der Waals surface area contributed by atoms with Crippen LogP contribution in [0.4, 0.5) is 0 Å². The van der Waals surface area contributed by atoms with E-state index in [2.05, 4.69) is 10.5 Å². The molecule has 1 aliphatic heterocycles. The molecule has 3 rings (SSSR count). The second-order valence-electron chi connectivity index (χ2n) is 5.50. The van der Waals surface area contributed by atoms with Crippen LogP contribution in [-0.2, 0) is 0 Å². The summed E-state index contributed by atoms with van der Waals surface area (Å²) in [6, 6.07) is 12.4. The maximum Gasteiger partial charge on any atom is 0.271 e. The van der Waals surface area contributed by atoms with Gasteiger partial charge in [0.15, 0.2) is 11.5 Å². The van der Waals surface area contributed by atoms with E-state index >= 15 is 0 Å². The first-order valence-electron chi connectivity index (χ1n) is 7.61. The molecule has 0 saturated carbocycles. The van der Waals surface area contributed by atoms with Gasteiger partial charge >= 0.3 is 0 Å². The lowest BCUT2D eigenvalue weighted by atomic mass is 10.2. The Bertz CT molecular complexity index is 754. The Morgan fingerprint density at radius 3 is 2.67 bits per heavy atom. The van der Waals surface area contributed by atoms with E-state index in [1.54, 1.807) is 42.6 Å². The molecule has 0 atom stereocenters. The van der Waals surface area contributed by atoms with E-state index < -0.39 is 0 Å². The highest BCUT2D eigenvalue weighted by atomic mass is 16.7. The molecule has 1 N–H and O–H groups in total. The zero-order chi connectivity index (χ0) is 16.9. The van der Waals surface area contributed by atoms with Crippen molar-refractivity contribution in [3.63, 3.8) is 0 Å². The molecular weight excluding hydrogens is 308 g/mol. The second-order valence-corrected chi connectivity index (χ2v) is 5.50. The number of hydrazone groups is 1. The number of hydrogen-bond acceptors (Lipinski definition) is 5. The third kappa shape index (κ3) is 3.84. The van der Waals surface area contributed by atoms with Crippen molar-refractivity contribution in [3.8, 4) is 17.2 Å². The van der Waals surface area contributed by atoms with Gasteiger partial charge in [-0.25, -0.2) is 5.43 Å². The fraction of sp³-hybridized carbons (Fsp3) is 0.222. The standard InChI is InChI=1S/C18H18N2O4/c1-12(2)24-15-6-4-14(5-7-15)18(21)20-19-10-13-3-8-16-17(9-13)23-11-22-16/h3-10,12H,11H2,1-2H3,(H,20,21)/b19-10+. The predicted molar refractivity (Wildman–Crippen MR) is 89.8 cm³/mol. The molecule has 1 amide bonds. The molecular formula is C18H18N2O4. The fourth-order valence-electron chi connectivity index (χ4n) is 2.18. The number of benzene rings is 2. The molecule has 0 bridgehead atoms. The molecule has 0 aromatic heterocycles. The molecule has 0 spiro atoms. The number of amides is 1. The Balaban J connectivity index is 1.58. The number of ether oxygens (including phenoxy) is 3. The van der Waals surface area contributed by atoms with Crippen LogP contribution in [-0.4, -0.2) is 25.0 Å². The summed E-state index contributed by atoms with van der Waals surface area (Å²) in [5.41, 5.74) is 3.81. The molecule has 6 nitrogen and oxygen atoms in total. The molecule has 0 saturated heterocycles. The predicted octanol–water partition coefficient (Wildman–Crippen LogP) is 2.97. The molecule has 0 unspecified atom stereocenters. The quantitative estimate of drug-likeness (QED) is 0.677. The van der Waals surface area contributed by atoms with Gasteiger partial charge in [-0.1, -0.05) is 0 Å². The highest BCUT2D eigenvalue weighted by Gasteiger charge is 2.12. The molecule has 0 radical (unpaired) electrons. The number of carbonyl (C=O) groups is 1. The van der Waals surface area contributed by atoms with Crippen molar-refractivity contribution in [2.45, 2.75) is 20.0 Å². The molecule has 6 heteroatoms. The number of fused-ring (bicyclic) bond motifs is 1. The zero-order valence-electron chi connectivity index (χ0n) is 13.5. The molecule has 0 aliphatic carbocycles. The maximum absolute atomic E-state index is 12.0. The average Bonchev–Trinajstić information content (AvgIpc) is 3.02. The first-order valence-corrected chi connectivity index (χ1v) is 7.61. The second kappa shape index (κ2) is 7.04. The van der Waals surface area contributed by atoms with Crippen LogP contribution in [0, 0.1) is 0 Å². The number of nitrogens with one attached hydrogen (secondary N) is 1. The van der Waals surface area contributed by atoms with Gasteiger partial charge in [-0.15, -0.1) is 0 Å². The van der Waals surface area contributed by atoms with Crippen LogP contribution >= 0.6 is 0 Å². The van der Waals surface area contributed by atoms with Crippen LogP contribution in [0.25, 0.3) is 0 Å². The van der Waals surface area contributed by atoms with Gasteiger partial charge in [-0.3, -0.25) is 4.79 Å². The van der Waals surface area contributed by atoms with Crippen LogP contribution < -0.4 is 19.6 Å². The van der Waals surface area contributed by atoms with Crippen LogP contribution in [0.2, 0.25) is 0 Å². The van der Waals surface area contributed by atoms with Crippen molar-refractivity contribution in [2.24, 2.45) is 5.10 Å². The molecule has 1 aliphatic rings. The van der Waals surface area contributed by atoms with Crippen LogP contribution in [0.3, 0.4) is 0 Å². The zero-order valence-corrected chi connectivity index (χ0v) is 13.5. The van der Waals surface area contributed by atoms with Gasteiger partial charge in [0.1, 0.15) is 5.75 Å². The Labute approximate surface area is 140 Å². The summed E-state index contributed by atoms with van der Waals surface area (Å²) >= 11 is 0. The number of hydrogen-bond donors (Lipinski definition) is 1. The normalized spacial score (nSPS) is 12.6. The van der Waals surface area contributed by atoms with E-state index in [4.69, 9.17) is 14.2 Å². The molecule has 0 fully saturated rings. The van der Waals surface area contributed by atoms with E-state index in [1.807, 2.05) is 19.9 Å². The van der Waals surface area contributed by atoms with Crippen molar-refractivity contribution in [2.75, 3.05) is 6.79 Å². The first-order chi connectivity index (χ1) is 11.6. The van der Waals surface area contributed by atoms with Gasteiger partial charge in [-0.2, -0.15) is 5.10 Å². The summed E-state index contributed by atoms with van der Waals surface area (Å²) in [5.74, 6) is 1.82. The van der Waals surface area contributed by atoms with Crippen molar-refractivity contribution in [3.05, 3.63) is 53.6 Å². The Morgan fingerprint density at radius 1 is 1.17 bits per heavy atom. The highest BCUT2D eigenvalue weighted by molar-refractivity contribution is 5.95. The summed E-state index contributed by atoms with van der Waals surface area (Å²) in [5, 5.41) is 3.96. The van der Waals surface area contributed by atoms with Crippen LogP contribution in [0.15, 0.2) is 47.6 Å². The van der Waals surface area contributed by atoms with E-state index in [0.29, 0.717) is 17.1 Å². The Hall–Kier alpha value is -3.02. The van der Waals surface area contributed by atoms with Gasteiger partial charge < -0.3 is 14.2 Å². The lowest BCUT2D eigenvalue weighted by molar-refractivity contribution is 0.0955. The smallest absolute Gasteiger partial charge is 0.271 e. The van der Waals surface area contributed by atoms with Crippen molar-refractivity contribution >= 4 is 12.1 Å². The summed E-state index contributed by atoms with van der Waals surface area (Å²) in [6.45, 7) is 4.13. The number of rotatable bonds is 5. The topological polar surface area (TPSA) is 69.2 Å². The first kappa shape index (κ1) is 15.9. The fourth-order valence-corrected chi connectivity index (χ4v) is 2.18. The van der Waals surface area contributed by atoms with E-state index in [9.17, 15) is 4.79 Å². The maximum atomic E-state index is 12.0. The van der Waals surface area contributed by atoms with Gasteiger partial charge in [0, 0.05) is 5.56 Å². The summed E-state index contributed by atoms with van der Waals surface area (Å²) in [4.78, 5) is 12.0. The number of nitrogens with zero attached hydrogens (tertiary/aromatic N) is 1. The summed E-state index contributed by atoms with van der Waals surface area (Å²) in [6.07, 6.45) is 1.65. The molecule has 2 aromatic carbocycles. The SMILES string of the molecule is CC(C)Oc1ccc(C(=O)N/N=C/c2ccc3c(c2)OCO3)cc1. The number of carbonyl (C=O) groups excluding carboxylic acids is 1. The Morgan fingerprint density at radius 2 is 1.92 bits per heavy atom. The molecule has 2 aromatic rings. The lowest BCUT2D eigenvalue weighted by Gasteiger charge is -2.09. The van der Waals surface area contributed by atoms with Gasteiger partial charge in [-0.05, 0) is 61.9 Å². The third-order valence-corrected chi connectivity index (χ3v) is 3.26. The average molecular weight is 326 g/mol. The van der Waals surface area contributed by atoms with Crippen molar-refractivity contribution < 1.29 is 19.0 Å². The van der Waals surface area contributed by atoms with Gasteiger partial charge in [0.2, 0.25) is 6.79 Å². The van der Waals surface area contributed by atoms with E-state index in [-0.39, 0.29) is 18.8 Å². The van der Waals surface area contributed by atoms with E-state index in [0.717, 1.165) is 11.3 Å². The minimum absolute atomic E-state index is 0.0935. The van der Waals surface area contributed by atoms with Gasteiger partial charge in [0.25, 0.3) is 5.91 Å². The van der Waals surface area contributed by atoms with Crippen molar-refractivity contribution in [1.29, 1.82) is 0 Å². The monoisotopic (exact) mass is 326 g/mol. The minimum Gasteiger partial charge on any atom is -0.491 e. The highest BCUT2D eigenvalue weighted by Crippen LogP contribution is 2.31. The van der Waals surface area contributed by atoms with Crippen LogP contribution in [0.5, 0.6) is 17.2 Å². The Kier molecular flexibility index (Phi) is 4.65. The van der Waals surface area contributed by atoms with Crippen molar-refractivity contribution in [1.82, 2.24) is 5.43 Å². The van der Waals surface area contributed by atoms with Crippen LogP contribution in [0.1, 0.15) is 29.8 Å². The molecule has 1 heterocycles. The minimum atomic E-state index is -0.289. The summed E-state index contributed by atoms with van der Waals surface area (Å²) < 4.78 is 16.1. The molecule has 124 valence electrons. The molecule has 24 heavy (non-hydrogen) atoms. The summed E-state index contributed by atoms with van der Waals surface area (Å²) in [7, 11) is 0.